The van der Waals surface area contributed by atoms with Gasteiger partial charge in [0.05, 0.1) is 0 Å². The molecule has 128 valence electrons. The maximum atomic E-state index is 12.4. The van der Waals surface area contributed by atoms with Gasteiger partial charge in [-0.15, -0.1) is 0 Å². The highest BCUT2D eigenvalue weighted by atomic mass is 16.5. The van der Waals surface area contributed by atoms with Crippen LogP contribution in [-0.2, 0) is 6.42 Å². The van der Waals surface area contributed by atoms with Crippen LogP contribution in [0.25, 0.3) is 16.9 Å². The second-order valence-corrected chi connectivity index (χ2v) is 5.79. The third-order valence-electron chi connectivity index (χ3n) is 3.74. The number of allylic oxidation sites excluding steroid dienone is 1. The topological polar surface area (TPSA) is 85.2 Å². The van der Waals surface area contributed by atoms with Crippen molar-refractivity contribution in [1.29, 1.82) is 0 Å². The molecular formula is C19H18N2O4. The van der Waals surface area contributed by atoms with E-state index < -0.39 is 11.2 Å². The smallest absolute Gasteiger partial charge is 0.337 e. The number of nitrogens with zero attached hydrogens (tertiary/aromatic N) is 1. The molecule has 2 heterocycles. The highest BCUT2D eigenvalue weighted by molar-refractivity contribution is 5.76. The van der Waals surface area contributed by atoms with E-state index in [0.29, 0.717) is 17.7 Å². The standard InChI is InChI=1S/C19H18N2O4/c1-4-12-10-14(22)24-18-15(12)17(23)20-19(21-18)25-16(11(2)3)13-8-6-5-7-9-13/h5-10H,4H2,1-3H3,(H,20,21,23). The Labute approximate surface area is 143 Å². The molecule has 0 spiro atoms. The Morgan fingerprint density at radius 2 is 1.92 bits per heavy atom. The first-order valence-electron chi connectivity index (χ1n) is 7.97. The van der Waals surface area contributed by atoms with Crippen molar-refractivity contribution in [3.63, 3.8) is 0 Å². The second kappa shape index (κ2) is 6.76. The number of rotatable bonds is 4. The van der Waals surface area contributed by atoms with Gasteiger partial charge in [0.25, 0.3) is 5.56 Å². The van der Waals surface area contributed by atoms with Gasteiger partial charge in [0.1, 0.15) is 11.1 Å². The van der Waals surface area contributed by atoms with E-state index in [0.717, 1.165) is 11.1 Å². The Hall–Kier alpha value is -3.15. The maximum absolute atomic E-state index is 12.4. The van der Waals surface area contributed by atoms with Crippen molar-refractivity contribution in [3.8, 4) is 6.01 Å². The molecule has 25 heavy (non-hydrogen) atoms. The number of hydrogen-bond acceptors (Lipinski definition) is 5. The summed E-state index contributed by atoms with van der Waals surface area (Å²) in [6, 6.07) is 10.8. The monoisotopic (exact) mass is 338 g/mol. The molecule has 0 aliphatic rings. The molecule has 0 saturated carbocycles. The lowest BCUT2D eigenvalue weighted by Gasteiger charge is -2.11. The van der Waals surface area contributed by atoms with E-state index in [9.17, 15) is 9.59 Å². The van der Waals surface area contributed by atoms with E-state index >= 15 is 0 Å². The van der Waals surface area contributed by atoms with E-state index in [1.54, 1.807) is 0 Å². The quantitative estimate of drug-likeness (QED) is 0.738. The van der Waals surface area contributed by atoms with Crippen molar-refractivity contribution >= 4 is 16.9 Å². The summed E-state index contributed by atoms with van der Waals surface area (Å²) in [6.07, 6.45) is 0.524. The number of aryl methyl sites for hydroxylation is 1. The lowest BCUT2D eigenvalue weighted by molar-refractivity contribution is 0.457. The summed E-state index contributed by atoms with van der Waals surface area (Å²) >= 11 is 0. The molecule has 0 atom stereocenters. The van der Waals surface area contributed by atoms with E-state index in [2.05, 4.69) is 9.97 Å². The molecule has 0 unspecified atom stereocenters. The van der Waals surface area contributed by atoms with Crippen LogP contribution in [0.15, 0.2) is 56.0 Å². The molecule has 6 heteroatoms. The van der Waals surface area contributed by atoms with Crippen LogP contribution in [0.1, 0.15) is 31.9 Å². The molecule has 3 rings (SSSR count). The zero-order chi connectivity index (χ0) is 18.0. The lowest BCUT2D eigenvalue weighted by Crippen LogP contribution is -2.15. The SMILES string of the molecule is CCc1cc(=O)oc2nc(OC(=C(C)C)c3ccccc3)[nH]c(=O)c12. The van der Waals surface area contributed by atoms with Gasteiger partial charge in [0.15, 0.2) is 0 Å². The van der Waals surface area contributed by atoms with Crippen molar-refractivity contribution in [3.05, 3.63) is 73.9 Å². The van der Waals surface area contributed by atoms with Crippen LogP contribution in [0.4, 0.5) is 0 Å². The van der Waals surface area contributed by atoms with Gasteiger partial charge in [-0.25, -0.2) is 4.79 Å². The Balaban J connectivity index is 2.12. The van der Waals surface area contributed by atoms with Gasteiger partial charge in [-0.2, -0.15) is 4.98 Å². The molecule has 0 aliphatic carbocycles. The number of nitrogens with one attached hydrogen (secondary N) is 1. The third kappa shape index (κ3) is 3.38. The predicted molar refractivity (Wildman–Crippen MR) is 95.6 cm³/mol. The first-order chi connectivity index (χ1) is 12.0. The highest BCUT2D eigenvalue weighted by Gasteiger charge is 2.14. The zero-order valence-corrected chi connectivity index (χ0v) is 14.3. The van der Waals surface area contributed by atoms with Crippen LogP contribution in [0.5, 0.6) is 6.01 Å². The van der Waals surface area contributed by atoms with Gasteiger partial charge in [0, 0.05) is 11.6 Å². The molecule has 0 fully saturated rings. The van der Waals surface area contributed by atoms with Gasteiger partial charge in [-0.05, 0) is 31.4 Å². The Kier molecular flexibility index (Phi) is 4.52. The molecule has 6 nitrogen and oxygen atoms in total. The fourth-order valence-corrected chi connectivity index (χ4v) is 2.59. The van der Waals surface area contributed by atoms with Crippen LogP contribution in [-0.4, -0.2) is 9.97 Å². The molecule has 0 radical (unpaired) electrons. The molecule has 3 aromatic rings. The van der Waals surface area contributed by atoms with Gasteiger partial charge in [0.2, 0.25) is 5.71 Å². The van der Waals surface area contributed by atoms with E-state index in [4.69, 9.17) is 9.15 Å². The van der Waals surface area contributed by atoms with Crippen molar-refractivity contribution in [2.75, 3.05) is 0 Å². The number of H-pyrrole nitrogens is 1. The van der Waals surface area contributed by atoms with Crippen LogP contribution in [0, 0.1) is 0 Å². The fourth-order valence-electron chi connectivity index (χ4n) is 2.59. The molecule has 1 aromatic carbocycles. The summed E-state index contributed by atoms with van der Waals surface area (Å²) in [7, 11) is 0. The number of hydrogen-bond donors (Lipinski definition) is 1. The molecule has 0 aliphatic heterocycles. The van der Waals surface area contributed by atoms with E-state index in [1.165, 1.54) is 6.07 Å². The van der Waals surface area contributed by atoms with Crippen molar-refractivity contribution in [1.82, 2.24) is 9.97 Å². The van der Waals surface area contributed by atoms with Gasteiger partial charge >= 0.3 is 11.6 Å². The normalized spacial score (nSPS) is 10.7. The van der Waals surface area contributed by atoms with Gasteiger partial charge in [-0.3, -0.25) is 9.78 Å². The highest BCUT2D eigenvalue weighted by Crippen LogP contribution is 2.22. The van der Waals surface area contributed by atoms with Crippen molar-refractivity contribution in [2.24, 2.45) is 0 Å². The minimum absolute atomic E-state index is 0.0195. The van der Waals surface area contributed by atoms with Gasteiger partial charge < -0.3 is 9.15 Å². The molecule has 0 saturated heterocycles. The second-order valence-electron chi connectivity index (χ2n) is 5.79. The summed E-state index contributed by atoms with van der Waals surface area (Å²) in [6.45, 7) is 5.66. The minimum Gasteiger partial charge on any atom is -0.425 e. The zero-order valence-electron chi connectivity index (χ0n) is 14.3. The number of aromatic amines is 1. The van der Waals surface area contributed by atoms with Crippen LogP contribution in [0.3, 0.4) is 0 Å². The van der Waals surface area contributed by atoms with Crippen LogP contribution < -0.4 is 15.9 Å². The molecular weight excluding hydrogens is 320 g/mol. The fraction of sp³-hybridized carbons (Fsp3) is 0.211. The Morgan fingerprint density at radius 3 is 2.56 bits per heavy atom. The first kappa shape index (κ1) is 16.7. The minimum atomic E-state index is -0.543. The summed E-state index contributed by atoms with van der Waals surface area (Å²) in [5, 5.41) is 0.271. The predicted octanol–water partition coefficient (Wildman–Crippen LogP) is 3.27. The summed E-state index contributed by atoms with van der Waals surface area (Å²) in [4.78, 5) is 30.9. The van der Waals surface area contributed by atoms with Crippen molar-refractivity contribution in [2.45, 2.75) is 27.2 Å². The average molecular weight is 338 g/mol. The maximum Gasteiger partial charge on any atom is 0.337 e. The molecule has 0 amide bonds. The van der Waals surface area contributed by atoms with Crippen LogP contribution in [0.2, 0.25) is 0 Å². The number of aromatic nitrogens is 2. The molecule has 2 aromatic heterocycles. The number of fused-ring (bicyclic) bond motifs is 1. The summed E-state index contributed by atoms with van der Waals surface area (Å²) < 4.78 is 10.9. The lowest BCUT2D eigenvalue weighted by atomic mass is 10.1. The largest absolute Gasteiger partial charge is 0.425 e. The van der Waals surface area contributed by atoms with E-state index in [1.807, 2.05) is 51.1 Å². The summed E-state index contributed by atoms with van der Waals surface area (Å²) in [5.41, 5.74) is 1.40. The third-order valence-corrected chi connectivity index (χ3v) is 3.74. The first-order valence-corrected chi connectivity index (χ1v) is 7.97. The number of ether oxygens (including phenoxy) is 1. The molecule has 1 N–H and O–H groups in total. The van der Waals surface area contributed by atoms with Crippen molar-refractivity contribution < 1.29 is 9.15 Å². The Bertz CT molecular complexity index is 1060. The van der Waals surface area contributed by atoms with E-state index in [-0.39, 0.29) is 17.1 Å². The average Bonchev–Trinajstić information content (AvgIpc) is 2.59. The van der Waals surface area contributed by atoms with Crippen LogP contribution >= 0.6 is 0 Å². The Morgan fingerprint density at radius 1 is 1.20 bits per heavy atom. The number of benzene rings is 1. The summed E-state index contributed by atoms with van der Waals surface area (Å²) in [5.74, 6) is 0.581. The van der Waals surface area contributed by atoms with Gasteiger partial charge in [-0.1, -0.05) is 37.3 Å². The molecule has 0 bridgehead atoms.